The van der Waals surface area contributed by atoms with Crippen molar-refractivity contribution in [2.24, 2.45) is 11.7 Å². The van der Waals surface area contributed by atoms with Crippen LogP contribution >= 0.6 is 11.3 Å². The first-order valence-electron chi connectivity index (χ1n) is 6.21. The highest BCUT2D eigenvalue weighted by molar-refractivity contribution is 7.19. The highest BCUT2D eigenvalue weighted by atomic mass is 32.1. The Kier molecular flexibility index (Phi) is 4.16. The van der Waals surface area contributed by atoms with Crippen LogP contribution in [0.15, 0.2) is 0 Å². The Labute approximate surface area is 116 Å². The van der Waals surface area contributed by atoms with E-state index in [0.29, 0.717) is 22.2 Å². The number of nitrogens with one attached hydrogen (secondary N) is 1. The molecule has 0 aromatic carbocycles. The lowest BCUT2D eigenvalue weighted by molar-refractivity contribution is 0.100. The molecule has 1 saturated heterocycles. The minimum absolute atomic E-state index is 0.325. The van der Waals surface area contributed by atoms with E-state index in [0.717, 1.165) is 24.6 Å². The molecule has 0 aliphatic carbocycles. The van der Waals surface area contributed by atoms with Gasteiger partial charge in [0.25, 0.3) is 5.91 Å². The number of nitrogen functional groups attached to an aromatic ring is 1. The number of primary amides is 1. The number of rotatable bonds is 5. The Morgan fingerprint density at radius 3 is 2.89 bits per heavy atom. The van der Waals surface area contributed by atoms with Crippen molar-refractivity contribution in [2.45, 2.75) is 6.42 Å². The van der Waals surface area contributed by atoms with Gasteiger partial charge in [-0.3, -0.25) is 4.79 Å². The minimum Gasteiger partial charge on any atom is -0.492 e. The van der Waals surface area contributed by atoms with Crippen LogP contribution in [0.2, 0.25) is 0 Å². The Balaban J connectivity index is 2.07. The molecular formula is C12H20N4O2S. The molecule has 0 saturated carbocycles. The Morgan fingerprint density at radius 1 is 1.63 bits per heavy atom. The molecular weight excluding hydrogens is 264 g/mol. The van der Waals surface area contributed by atoms with Crippen LogP contribution in [0.25, 0.3) is 0 Å². The summed E-state index contributed by atoms with van der Waals surface area (Å²) in [7, 11) is 3.66. The highest BCUT2D eigenvalue weighted by Crippen LogP contribution is 2.42. The van der Waals surface area contributed by atoms with E-state index in [1.165, 1.54) is 24.9 Å². The van der Waals surface area contributed by atoms with E-state index in [4.69, 9.17) is 16.2 Å². The summed E-state index contributed by atoms with van der Waals surface area (Å²) in [6.45, 7) is 3.06. The van der Waals surface area contributed by atoms with E-state index in [9.17, 15) is 4.79 Å². The molecule has 1 aromatic rings. The van der Waals surface area contributed by atoms with Crippen molar-refractivity contribution in [2.75, 3.05) is 44.8 Å². The number of hydrogen-bond acceptors (Lipinski definition) is 6. The first-order valence-corrected chi connectivity index (χ1v) is 7.03. The zero-order chi connectivity index (χ0) is 14.0. The standard InChI is InChI=1S/C12H20N4O2S/c1-16-4-3-7(6-16)5-15-12-9(18-2)8(13)10(19-12)11(14)17/h7,15H,3-6,13H2,1-2H3,(H2,14,17). The number of amides is 1. The van der Waals surface area contributed by atoms with Crippen LogP contribution < -0.4 is 21.5 Å². The molecule has 0 spiro atoms. The molecule has 2 heterocycles. The molecule has 1 amide bonds. The molecule has 2 rings (SSSR count). The topological polar surface area (TPSA) is 93.6 Å². The lowest BCUT2D eigenvalue weighted by Gasteiger charge is -2.12. The number of carbonyl (C=O) groups is 1. The van der Waals surface area contributed by atoms with E-state index in [1.807, 2.05) is 0 Å². The van der Waals surface area contributed by atoms with Gasteiger partial charge in [0.2, 0.25) is 0 Å². The first-order chi connectivity index (χ1) is 9.02. The highest BCUT2D eigenvalue weighted by Gasteiger charge is 2.23. The summed E-state index contributed by atoms with van der Waals surface area (Å²) < 4.78 is 5.25. The van der Waals surface area contributed by atoms with Gasteiger partial charge in [0, 0.05) is 13.1 Å². The lowest BCUT2D eigenvalue weighted by atomic mass is 10.1. The van der Waals surface area contributed by atoms with Crippen LogP contribution in [0, 0.1) is 5.92 Å². The molecule has 0 radical (unpaired) electrons. The fourth-order valence-electron chi connectivity index (χ4n) is 2.36. The van der Waals surface area contributed by atoms with Gasteiger partial charge in [-0.05, 0) is 25.9 Å². The van der Waals surface area contributed by atoms with Crippen molar-refractivity contribution in [1.82, 2.24) is 4.90 Å². The SMILES string of the molecule is COc1c(NCC2CCN(C)C2)sc(C(N)=O)c1N. The van der Waals surface area contributed by atoms with Crippen molar-refractivity contribution in [3.8, 4) is 5.75 Å². The van der Waals surface area contributed by atoms with Gasteiger partial charge in [-0.2, -0.15) is 0 Å². The predicted molar refractivity (Wildman–Crippen MR) is 77.9 cm³/mol. The summed E-state index contributed by atoms with van der Waals surface area (Å²) in [5.74, 6) is 0.606. The molecule has 1 atom stereocenters. The quantitative estimate of drug-likeness (QED) is 0.743. The summed E-state index contributed by atoms with van der Waals surface area (Å²) in [4.78, 5) is 13.9. The summed E-state index contributed by atoms with van der Waals surface area (Å²) in [5, 5.41) is 4.10. The average Bonchev–Trinajstić information content (AvgIpc) is 2.90. The second-order valence-corrected chi connectivity index (χ2v) is 5.89. The van der Waals surface area contributed by atoms with Crippen LogP contribution in [0.4, 0.5) is 10.7 Å². The van der Waals surface area contributed by atoms with Gasteiger partial charge < -0.3 is 26.4 Å². The zero-order valence-electron chi connectivity index (χ0n) is 11.2. The minimum atomic E-state index is -0.519. The van der Waals surface area contributed by atoms with E-state index >= 15 is 0 Å². The Hall–Kier alpha value is -1.47. The summed E-state index contributed by atoms with van der Waals surface area (Å²) in [6.07, 6.45) is 1.18. The fraction of sp³-hybridized carbons (Fsp3) is 0.583. The number of hydrogen-bond donors (Lipinski definition) is 3. The molecule has 1 aromatic heterocycles. The fourth-order valence-corrected chi connectivity index (χ4v) is 3.31. The van der Waals surface area contributed by atoms with Crippen LogP contribution in [0.5, 0.6) is 5.75 Å². The monoisotopic (exact) mass is 284 g/mol. The van der Waals surface area contributed by atoms with Crippen LogP contribution in [0.3, 0.4) is 0 Å². The van der Waals surface area contributed by atoms with Gasteiger partial charge >= 0.3 is 0 Å². The number of anilines is 2. The van der Waals surface area contributed by atoms with Gasteiger partial charge in [0.1, 0.15) is 15.6 Å². The number of nitrogens with zero attached hydrogens (tertiary/aromatic N) is 1. The van der Waals surface area contributed by atoms with Crippen LogP contribution in [-0.4, -0.2) is 44.6 Å². The Bertz CT molecular complexity index is 475. The molecule has 7 heteroatoms. The number of carbonyl (C=O) groups excluding carboxylic acids is 1. The summed E-state index contributed by atoms with van der Waals surface area (Å²) >= 11 is 1.25. The smallest absolute Gasteiger partial charge is 0.261 e. The summed E-state index contributed by atoms with van der Waals surface area (Å²) in [6, 6.07) is 0. The number of ether oxygens (including phenoxy) is 1. The van der Waals surface area contributed by atoms with Crippen molar-refractivity contribution < 1.29 is 9.53 Å². The van der Waals surface area contributed by atoms with Crippen molar-refractivity contribution in [3.05, 3.63) is 4.88 Å². The Morgan fingerprint density at radius 2 is 2.37 bits per heavy atom. The third-order valence-corrected chi connectivity index (χ3v) is 4.53. The number of thiophene rings is 1. The maximum absolute atomic E-state index is 11.3. The first kappa shape index (κ1) is 14.0. The maximum Gasteiger partial charge on any atom is 0.261 e. The number of nitrogens with two attached hydrogens (primary N) is 2. The van der Waals surface area contributed by atoms with E-state index < -0.39 is 5.91 Å². The van der Waals surface area contributed by atoms with Crippen molar-refractivity contribution in [1.29, 1.82) is 0 Å². The lowest BCUT2D eigenvalue weighted by Crippen LogP contribution is -2.18. The van der Waals surface area contributed by atoms with Crippen LogP contribution in [0.1, 0.15) is 16.1 Å². The molecule has 6 nitrogen and oxygen atoms in total. The predicted octanol–water partition coefficient (Wildman–Crippen LogP) is 0.801. The molecule has 1 aliphatic heterocycles. The zero-order valence-corrected chi connectivity index (χ0v) is 12.0. The van der Waals surface area contributed by atoms with Crippen LogP contribution in [-0.2, 0) is 0 Å². The average molecular weight is 284 g/mol. The molecule has 1 aliphatic rings. The molecule has 0 bridgehead atoms. The number of methoxy groups -OCH3 is 1. The maximum atomic E-state index is 11.3. The largest absolute Gasteiger partial charge is 0.492 e. The molecule has 1 fully saturated rings. The van der Waals surface area contributed by atoms with Gasteiger partial charge in [-0.1, -0.05) is 0 Å². The van der Waals surface area contributed by atoms with E-state index in [-0.39, 0.29) is 0 Å². The second kappa shape index (κ2) is 5.66. The third-order valence-electron chi connectivity index (χ3n) is 3.37. The second-order valence-electron chi connectivity index (χ2n) is 4.87. The summed E-state index contributed by atoms with van der Waals surface area (Å²) in [5.41, 5.74) is 11.5. The van der Waals surface area contributed by atoms with Gasteiger partial charge in [-0.25, -0.2) is 0 Å². The number of likely N-dealkylation sites (tertiary alicyclic amines) is 1. The van der Waals surface area contributed by atoms with Crippen molar-refractivity contribution >= 4 is 27.9 Å². The van der Waals surface area contributed by atoms with E-state index in [1.54, 1.807) is 0 Å². The molecule has 5 N–H and O–H groups in total. The van der Waals surface area contributed by atoms with Crippen molar-refractivity contribution in [3.63, 3.8) is 0 Å². The molecule has 106 valence electrons. The third kappa shape index (κ3) is 2.93. The van der Waals surface area contributed by atoms with E-state index in [2.05, 4.69) is 17.3 Å². The molecule has 19 heavy (non-hydrogen) atoms. The van der Waals surface area contributed by atoms with Gasteiger partial charge in [0.15, 0.2) is 5.75 Å². The normalized spacial score (nSPS) is 19.6. The molecule has 1 unspecified atom stereocenters. The van der Waals surface area contributed by atoms with Gasteiger partial charge in [0.05, 0.1) is 7.11 Å². The van der Waals surface area contributed by atoms with Gasteiger partial charge in [-0.15, -0.1) is 11.3 Å².